The molecular formula is C24H31FN4. The Labute approximate surface area is 172 Å². The molecule has 29 heavy (non-hydrogen) atoms. The minimum Gasteiger partial charge on any atom is -0.383 e. The Morgan fingerprint density at radius 3 is 2.62 bits per heavy atom. The standard InChI is InChI=1S/C24H31FN4/c1-16-13-17(23(27)29-15-26)7-8-20(16)21-6-4-5-18(22(21)25)14-28-19-9-11-24(2,3)12-10-19/h4-8,13,15,19,28H,9-12,14H2,1-3H3,(H3,26,27,29). The maximum absolute atomic E-state index is 15.3. The third-order valence-electron chi connectivity index (χ3n) is 6.02. The van der Waals surface area contributed by atoms with Gasteiger partial charge in [-0.25, -0.2) is 9.38 Å². The van der Waals surface area contributed by atoms with Gasteiger partial charge in [0.25, 0.3) is 0 Å². The SMILES string of the molecule is Cc1cc(C(N)=NC=N)ccc1-c1cccc(CNC2CCC(C)(C)CC2)c1F. The Bertz CT molecular complexity index is 907. The highest BCUT2D eigenvalue weighted by atomic mass is 19.1. The first kappa shape index (κ1) is 21.2. The van der Waals surface area contributed by atoms with Crippen molar-refractivity contribution in [1.29, 1.82) is 5.41 Å². The third kappa shape index (κ3) is 5.10. The van der Waals surface area contributed by atoms with Crippen LogP contribution in [0.3, 0.4) is 0 Å². The number of halogens is 1. The molecule has 5 heteroatoms. The number of hydrogen-bond donors (Lipinski definition) is 3. The lowest BCUT2D eigenvalue weighted by Crippen LogP contribution is -2.35. The van der Waals surface area contributed by atoms with E-state index >= 15 is 4.39 Å². The van der Waals surface area contributed by atoms with E-state index in [9.17, 15) is 0 Å². The number of nitrogens with one attached hydrogen (secondary N) is 2. The molecule has 1 aliphatic carbocycles. The Hall–Kier alpha value is -2.53. The molecule has 0 unspecified atom stereocenters. The van der Waals surface area contributed by atoms with Crippen molar-refractivity contribution in [3.63, 3.8) is 0 Å². The summed E-state index contributed by atoms with van der Waals surface area (Å²) in [7, 11) is 0. The second-order valence-corrected chi connectivity index (χ2v) is 8.77. The molecule has 0 atom stereocenters. The van der Waals surface area contributed by atoms with Crippen molar-refractivity contribution in [2.24, 2.45) is 16.1 Å². The molecule has 0 spiro atoms. The molecule has 4 N–H and O–H groups in total. The molecule has 154 valence electrons. The topological polar surface area (TPSA) is 74.3 Å². The molecule has 1 saturated carbocycles. The van der Waals surface area contributed by atoms with Gasteiger partial charge in [0.15, 0.2) is 0 Å². The fourth-order valence-corrected chi connectivity index (χ4v) is 4.05. The maximum Gasteiger partial charge on any atom is 0.135 e. The van der Waals surface area contributed by atoms with E-state index in [1.165, 1.54) is 12.8 Å². The van der Waals surface area contributed by atoms with Crippen LogP contribution in [-0.2, 0) is 6.54 Å². The average molecular weight is 395 g/mol. The largest absolute Gasteiger partial charge is 0.383 e. The molecule has 0 amide bonds. The Kier molecular flexibility index (Phi) is 6.48. The summed E-state index contributed by atoms with van der Waals surface area (Å²) in [6.45, 7) is 7.13. The molecular weight excluding hydrogens is 363 g/mol. The van der Waals surface area contributed by atoms with E-state index in [0.29, 0.717) is 29.1 Å². The highest BCUT2D eigenvalue weighted by Gasteiger charge is 2.26. The first-order chi connectivity index (χ1) is 13.8. The summed E-state index contributed by atoms with van der Waals surface area (Å²) < 4.78 is 15.3. The van der Waals surface area contributed by atoms with E-state index in [2.05, 4.69) is 24.2 Å². The van der Waals surface area contributed by atoms with Crippen molar-refractivity contribution in [3.05, 3.63) is 58.9 Å². The summed E-state index contributed by atoms with van der Waals surface area (Å²) >= 11 is 0. The van der Waals surface area contributed by atoms with Crippen molar-refractivity contribution in [1.82, 2.24) is 5.32 Å². The monoisotopic (exact) mass is 394 g/mol. The van der Waals surface area contributed by atoms with E-state index in [1.807, 2.05) is 43.3 Å². The summed E-state index contributed by atoms with van der Waals surface area (Å²) in [6.07, 6.45) is 5.63. The van der Waals surface area contributed by atoms with Gasteiger partial charge in [-0.05, 0) is 55.2 Å². The minimum atomic E-state index is -0.173. The van der Waals surface area contributed by atoms with Gasteiger partial charge < -0.3 is 11.1 Å². The first-order valence-corrected chi connectivity index (χ1v) is 10.2. The second kappa shape index (κ2) is 8.87. The fraction of sp³-hybridized carbons (Fsp3) is 0.417. The predicted molar refractivity (Wildman–Crippen MR) is 119 cm³/mol. The maximum atomic E-state index is 15.3. The van der Waals surface area contributed by atoms with Crippen LogP contribution < -0.4 is 11.1 Å². The lowest BCUT2D eigenvalue weighted by Gasteiger charge is -2.34. The Morgan fingerprint density at radius 1 is 1.24 bits per heavy atom. The van der Waals surface area contributed by atoms with Crippen LogP contribution in [0.2, 0.25) is 0 Å². The van der Waals surface area contributed by atoms with E-state index in [-0.39, 0.29) is 11.7 Å². The number of nitrogens with zero attached hydrogens (tertiary/aromatic N) is 1. The number of benzene rings is 2. The number of rotatable bonds is 6. The van der Waals surface area contributed by atoms with Gasteiger partial charge in [-0.3, -0.25) is 5.41 Å². The van der Waals surface area contributed by atoms with Crippen molar-refractivity contribution in [2.75, 3.05) is 0 Å². The zero-order chi connectivity index (χ0) is 21.0. The number of aryl methyl sites for hydroxylation is 1. The lowest BCUT2D eigenvalue weighted by molar-refractivity contribution is 0.205. The molecule has 1 aliphatic rings. The second-order valence-electron chi connectivity index (χ2n) is 8.77. The minimum absolute atomic E-state index is 0.173. The van der Waals surface area contributed by atoms with E-state index in [1.54, 1.807) is 0 Å². The molecule has 0 aliphatic heterocycles. The van der Waals surface area contributed by atoms with Crippen LogP contribution in [-0.4, -0.2) is 18.2 Å². The van der Waals surface area contributed by atoms with Gasteiger partial charge in [-0.1, -0.05) is 44.2 Å². The quantitative estimate of drug-likeness (QED) is 0.467. The van der Waals surface area contributed by atoms with Crippen LogP contribution >= 0.6 is 0 Å². The Morgan fingerprint density at radius 2 is 1.97 bits per heavy atom. The van der Waals surface area contributed by atoms with Gasteiger partial charge in [-0.2, -0.15) is 0 Å². The first-order valence-electron chi connectivity index (χ1n) is 10.2. The lowest BCUT2D eigenvalue weighted by atomic mass is 9.75. The number of amidine groups is 1. The van der Waals surface area contributed by atoms with E-state index in [0.717, 1.165) is 35.9 Å². The molecule has 3 rings (SSSR count). The number of aliphatic imine (C=N–C) groups is 1. The van der Waals surface area contributed by atoms with Crippen molar-refractivity contribution in [3.8, 4) is 11.1 Å². The van der Waals surface area contributed by atoms with Gasteiger partial charge in [-0.15, -0.1) is 0 Å². The number of nitrogens with two attached hydrogens (primary N) is 1. The molecule has 0 bridgehead atoms. The molecule has 2 aromatic rings. The van der Waals surface area contributed by atoms with Crippen LogP contribution in [0.4, 0.5) is 4.39 Å². The predicted octanol–water partition coefficient (Wildman–Crippen LogP) is 5.17. The Balaban J connectivity index is 1.77. The van der Waals surface area contributed by atoms with Gasteiger partial charge in [0, 0.05) is 29.3 Å². The summed E-state index contributed by atoms with van der Waals surface area (Å²) in [6, 6.07) is 11.6. The van der Waals surface area contributed by atoms with Crippen LogP contribution in [0, 0.1) is 23.6 Å². The molecule has 2 aromatic carbocycles. The molecule has 1 fully saturated rings. The van der Waals surface area contributed by atoms with Crippen LogP contribution in [0.5, 0.6) is 0 Å². The summed E-state index contributed by atoms with van der Waals surface area (Å²) in [5, 5.41) is 10.6. The molecule has 0 radical (unpaired) electrons. The molecule has 0 aromatic heterocycles. The van der Waals surface area contributed by atoms with E-state index < -0.39 is 0 Å². The van der Waals surface area contributed by atoms with Crippen molar-refractivity contribution >= 4 is 12.2 Å². The van der Waals surface area contributed by atoms with Crippen molar-refractivity contribution < 1.29 is 4.39 Å². The summed E-state index contributed by atoms with van der Waals surface area (Å²) in [5.74, 6) is 0.108. The van der Waals surface area contributed by atoms with Crippen LogP contribution in [0.1, 0.15) is 56.2 Å². The molecule has 0 saturated heterocycles. The van der Waals surface area contributed by atoms with Crippen LogP contribution in [0.25, 0.3) is 11.1 Å². The number of hydrogen-bond acceptors (Lipinski definition) is 2. The zero-order valence-electron chi connectivity index (χ0n) is 17.6. The highest BCUT2D eigenvalue weighted by molar-refractivity contribution is 6.01. The van der Waals surface area contributed by atoms with Crippen LogP contribution in [0.15, 0.2) is 41.4 Å². The van der Waals surface area contributed by atoms with Crippen molar-refractivity contribution in [2.45, 2.75) is 59.0 Å². The van der Waals surface area contributed by atoms with Gasteiger partial charge in [0.1, 0.15) is 18.0 Å². The normalized spacial score (nSPS) is 17.3. The van der Waals surface area contributed by atoms with Gasteiger partial charge >= 0.3 is 0 Å². The summed E-state index contributed by atoms with van der Waals surface area (Å²) in [4.78, 5) is 3.80. The molecule has 0 heterocycles. The van der Waals surface area contributed by atoms with Gasteiger partial charge in [0.2, 0.25) is 0 Å². The molecule has 4 nitrogen and oxygen atoms in total. The average Bonchev–Trinajstić information content (AvgIpc) is 2.68. The van der Waals surface area contributed by atoms with E-state index in [4.69, 9.17) is 11.1 Å². The fourth-order valence-electron chi connectivity index (χ4n) is 4.05. The summed E-state index contributed by atoms with van der Waals surface area (Å²) in [5.41, 5.74) is 10.1. The smallest absolute Gasteiger partial charge is 0.135 e. The highest BCUT2D eigenvalue weighted by Crippen LogP contribution is 2.35. The zero-order valence-corrected chi connectivity index (χ0v) is 17.6. The van der Waals surface area contributed by atoms with Gasteiger partial charge in [0.05, 0.1) is 0 Å². The third-order valence-corrected chi connectivity index (χ3v) is 6.02.